The van der Waals surface area contributed by atoms with Crippen molar-refractivity contribution in [3.05, 3.63) is 53.9 Å². The van der Waals surface area contributed by atoms with Gasteiger partial charge in [-0.1, -0.05) is 0 Å². The first-order valence-corrected chi connectivity index (χ1v) is 7.70. The summed E-state index contributed by atoms with van der Waals surface area (Å²) in [6.07, 6.45) is 3.33. The Morgan fingerprint density at radius 1 is 0.960 bits per heavy atom. The summed E-state index contributed by atoms with van der Waals surface area (Å²) in [7, 11) is 1.69. The van der Waals surface area contributed by atoms with Gasteiger partial charge in [-0.3, -0.25) is 19.4 Å². The van der Waals surface area contributed by atoms with E-state index >= 15 is 0 Å². The molecule has 0 saturated heterocycles. The number of nitrogens with one attached hydrogen (secondary N) is 2. The molecule has 0 saturated carbocycles. The fourth-order valence-electron chi connectivity index (χ4n) is 2.36. The van der Waals surface area contributed by atoms with E-state index in [1.54, 1.807) is 42.5 Å². The van der Waals surface area contributed by atoms with Crippen molar-refractivity contribution in [3.8, 4) is 0 Å². The number of carbonyl (C=O) groups is 3. The summed E-state index contributed by atoms with van der Waals surface area (Å²) in [5.74, 6) is -0.748. The Labute approximate surface area is 146 Å². The van der Waals surface area contributed by atoms with Crippen LogP contribution in [0.5, 0.6) is 0 Å². The summed E-state index contributed by atoms with van der Waals surface area (Å²) in [5.41, 5.74) is 2.20. The molecule has 0 fully saturated rings. The molecule has 7 nitrogen and oxygen atoms in total. The van der Waals surface area contributed by atoms with Crippen molar-refractivity contribution in [1.82, 2.24) is 9.88 Å². The molecule has 1 heterocycles. The first-order chi connectivity index (χ1) is 11.8. The third-order valence-corrected chi connectivity index (χ3v) is 3.34. The molecule has 1 aromatic carbocycles. The van der Waals surface area contributed by atoms with E-state index in [-0.39, 0.29) is 17.7 Å². The number of rotatable bonds is 5. The lowest BCUT2D eigenvalue weighted by molar-refractivity contribution is -0.115. The molecule has 0 radical (unpaired) electrons. The van der Waals surface area contributed by atoms with Crippen molar-refractivity contribution < 1.29 is 14.4 Å². The maximum absolute atomic E-state index is 12.7. The molecule has 25 heavy (non-hydrogen) atoms. The van der Waals surface area contributed by atoms with Gasteiger partial charge < -0.3 is 15.5 Å². The van der Waals surface area contributed by atoms with E-state index in [9.17, 15) is 14.4 Å². The molecule has 0 atom stereocenters. The highest BCUT2D eigenvalue weighted by atomic mass is 16.2. The van der Waals surface area contributed by atoms with E-state index in [1.165, 1.54) is 13.8 Å². The van der Waals surface area contributed by atoms with Crippen LogP contribution in [-0.2, 0) is 16.1 Å². The molecule has 2 N–H and O–H groups in total. The van der Waals surface area contributed by atoms with Crippen LogP contribution in [0.15, 0.2) is 42.7 Å². The minimum atomic E-state index is -0.261. The number of aromatic nitrogens is 1. The molecular formula is C18H20N4O3. The topological polar surface area (TPSA) is 91.4 Å². The highest BCUT2D eigenvalue weighted by Crippen LogP contribution is 2.21. The number of hydrogen-bond acceptors (Lipinski definition) is 4. The first kappa shape index (κ1) is 18.1. The van der Waals surface area contributed by atoms with Crippen LogP contribution in [0.4, 0.5) is 11.4 Å². The van der Waals surface area contributed by atoms with Crippen LogP contribution in [0.25, 0.3) is 0 Å². The molecule has 1 aromatic heterocycles. The highest BCUT2D eigenvalue weighted by molar-refractivity contribution is 5.99. The van der Waals surface area contributed by atoms with Gasteiger partial charge in [0.25, 0.3) is 5.91 Å². The van der Waals surface area contributed by atoms with Gasteiger partial charge in [-0.2, -0.15) is 0 Å². The van der Waals surface area contributed by atoms with Crippen molar-refractivity contribution in [2.45, 2.75) is 20.4 Å². The minimum Gasteiger partial charge on any atom is -0.337 e. The van der Waals surface area contributed by atoms with Gasteiger partial charge >= 0.3 is 0 Å². The highest BCUT2D eigenvalue weighted by Gasteiger charge is 2.15. The molecule has 2 rings (SSSR count). The van der Waals surface area contributed by atoms with Crippen LogP contribution >= 0.6 is 0 Å². The van der Waals surface area contributed by atoms with Crippen molar-refractivity contribution in [2.24, 2.45) is 0 Å². The number of pyridine rings is 1. The number of nitrogens with zero attached hydrogens (tertiary/aromatic N) is 2. The zero-order chi connectivity index (χ0) is 18.4. The molecule has 0 spiro atoms. The van der Waals surface area contributed by atoms with Crippen LogP contribution in [0, 0.1) is 0 Å². The Morgan fingerprint density at radius 3 is 1.96 bits per heavy atom. The normalized spacial score (nSPS) is 10.0. The second-order valence-corrected chi connectivity index (χ2v) is 5.68. The Hall–Kier alpha value is -3.22. The molecule has 0 aliphatic rings. The van der Waals surface area contributed by atoms with Crippen LogP contribution in [0.1, 0.15) is 29.8 Å². The molecule has 3 amide bonds. The summed E-state index contributed by atoms with van der Waals surface area (Å²) in [6.45, 7) is 3.17. The third-order valence-electron chi connectivity index (χ3n) is 3.34. The molecule has 0 bridgehead atoms. The van der Waals surface area contributed by atoms with E-state index in [0.717, 1.165) is 5.56 Å². The number of amides is 3. The Kier molecular flexibility index (Phi) is 5.84. The Bertz CT molecular complexity index is 756. The van der Waals surface area contributed by atoms with Gasteiger partial charge in [0.05, 0.1) is 0 Å². The molecule has 0 unspecified atom stereocenters. The molecular weight excluding hydrogens is 320 g/mol. The van der Waals surface area contributed by atoms with Gasteiger partial charge in [0, 0.05) is 56.8 Å². The van der Waals surface area contributed by atoms with Crippen molar-refractivity contribution in [1.29, 1.82) is 0 Å². The minimum absolute atomic E-state index is 0.226. The monoisotopic (exact) mass is 340 g/mol. The van der Waals surface area contributed by atoms with Crippen LogP contribution < -0.4 is 10.6 Å². The van der Waals surface area contributed by atoms with E-state index in [2.05, 4.69) is 15.6 Å². The van der Waals surface area contributed by atoms with E-state index in [4.69, 9.17) is 0 Å². The summed E-state index contributed by atoms with van der Waals surface area (Å²) >= 11 is 0. The smallest absolute Gasteiger partial charge is 0.254 e. The predicted octanol–water partition coefficient (Wildman–Crippen LogP) is 2.27. The maximum Gasteiger partial charge on any atom is 0.254 e. The average Bonchev–Trinajstić information content (AvgIpc) is 2.53. The fourth-order valence-corrected chi connectivity index (χ4v) is 2.36. The Balaban J connectivity index is 2.26. The zero-order valence-electron chi connectivity index (χ0n) is 14.4. The lowest BCUT2D eigenvalue weighted by atomic mass is 10.1. The largest absolute Gasteiger partial charge is 0.337 e. The van der Waals surface area contributed by atoms with Crippen molar-refractivity contribution in [2.75, 3.05) is 17.7 Å². The molecule has 7 heteroatoms. The van der Waals surface area contributed by atoms with Gasteiger partial charge in [-0.25, -0.2) is 0 Å². The molecule has 0 aliphatic heterocycles. The van der Waals surface area contributed by atoms with Gasteiger partial charge in [0.1, 0.15) is 0 Å². The summed E-state index contributed by atoms with van der Waals surface area (Å²) in [6, 6.07) is 8.43. The molecule has 2 aromatic rings. The lowest BCUT2D eigenvalue weighted by Crippen LogP contribution is -2.26. The molecule has 130 valence electrons. The summed E-state index contributed by atoms with van der Waals surface area (Å²) < 4.78 is 0. The second-order valence-electron chi connectivity index (χ2n) is 5.68. The predicted molar refractivity (Wildman–Crippen MR) is 95.1 cm³/mol. The standard InChI is InChI=1S/C18H20N4O3/c1-12(23)20-16-8-15(9-17(10-16)21-13(2)24)18(25)22(3)11-14-4-6-19-7-5-14/h4-10H,11H2,1-3H3,(H,20,23)(H,21,24). The van der Waals surface area contributed by atoms with Crippen LogP contribution in [0.2, 0.25) is 0 Å². The van der Waals surface area contributed by atoms with E-state index < -0.39 is 0 Å². The van der Waals surface area contributed by atoms with Crippen LogP contribution in [-0.4, -0.2) is 34.7 Å². The third kappa shape index (κ3) is 5.42. The number of carbonyl (C=O) groups excluding carboxylic acids is 3. The fraction of sp³-hybridized carbons (Fsp3) is 0.222. The summed E-state index contributed by atoms with van der Waals surface area (Å²) in [4.78, 5) is 40.8. The second kappa shape index (κ2) is 8.05. The first-order valence-electron chi connectivity index (χ1n) is 7.70. The quantitative estimate of drug-likeness (QED) is 0.873. The maximum atomic E-state index is 12.7. The average molecular weight is 340 g/mol. The van der Waals surface area contributed by atoms with Gasteiger partial charge in [0.2, 0.25) is 11.8 Å². The summed E-state index contributed by atoms with van der Waals surface area (Å²) in [5, 5.41) is 5.27. The number of hydrogen-bond donors (Lipinski definition) is 2. The lowest BCUT2D eigenvalue weighted by Gasteiger charge is -2.18. The number of anilines is 2. The SMILES string of the molecule is CC(=O)Nc1cc(NC(C)=O)cc(C(=O)N(C)Cc2ccncc2)c1. The van der Waals surface area contributed by atoms with Gasteiger partial charge in [0.15, 0.2) is 0 Å². The van der Waals surface area contributed by atoms with Crippen LogP contribution in [0.3, 0.4) is 0 Å². The zero-order valence-corrected chi connectivity index (χ0v) is 14.4. The van der Waals surface area contributed by atoms with E-state index in [1.807, 2.05) is 12.1 Å². The van der Waals surface area contributed by atoms with Gasteiger partial charge in [-0.05, 0) is 35.9 Å². The Morgan fingerprint density at radius 2 is 1.48 bits per heavy atom. The molecule has 0 aliphatic carbocycles. The van der Waals surface area contributed by atoms with Gasteiger partial charge in [-0.15, -0.1) is 0 Å². The van der Waals surface area contributed by atoms with Crippen molar-refractivity contribution in [3.63, 3.8) is 0 Å². The van der Waals surface area contributed by atoms with Crippen molar-refractivity contribution >= 4 is 29.1 Å². The number of benzene rings is 1. The van der Waals surface area contributed by atoms with E-state index in [0.29, 0.717) is 23.5 Å².